The fourth-order valence-electron chi connectivity index (χ4n) is 2.01. The molecule has 0 fully saturated rings. The highest BCUT2D eigenvalue weighted by molar-refractivity contribution is 9.10. The number of nitrogens with one attached hydrogen (secondary N) is 1. The number of carbonyl (C=O) groups excluding carboxylic acids is 1. The maximum absolute atomic E-state index is 12.4. The molecule has 1 heterocycles. The fourth-order valence-corrected chi connectivity index (χ4v) is 3.60. The van der Waals surface area contributed by atoms with E-state index in [1.807, 2.05) is 31.3 Å². The highest BCUT2D eigenvalue weighted by Gasteiger charge is 2.13. The number of benzene rings is 2. The zero-order chi connectivity index (χ0) is 17.1. The Balaban J connectivity index is 1.84. The summed E-state index contributed by atoms with van der Waals surface area (Å²) in [5, 5.41) is 8.30. The fraction of sp³-hybridized carbons (Fsp3) is 0.0625. The van der Waals surface area contributed by atoms with Crippen molar-refractivity contribution < 1.29 is 4.79 Å². The Morgan fingerprint density at radius 3 is 2.75 bits per heavy atom. The number of halogens is 2. The van der Waals surface area contributed by atoms with Crippen molar-refractivity contribution in [1.29, 1.82) is 0 Å². The van der Waals surface area contributed by atoms with E-state index < -0.39 is 0 Å². The summed E-state index contributed by atoms with van der Waals surface area (Å²) < 4.78 is 2.19. The quantitative estimate of drug-likeness (QED) is 0.664. The first-order valence-electron chi connectivity index (χ1n) is 6.93. The molecule has 0 radical (unpaired) electrons. The normalized spacial score (nSPS) is 10.6. The van der Waals surface area contributed by atoms with E-state index in [1.165, 1.54) is 11.8 Å². The maximum atomic E-state index is 12.4. The van der Waals surface area contributed by atoms with Crippen LogP contribution in [0.15, 0.2) is 63.3 Å². The number of carbonyl (C=O) groups is 1. The van der Waals surface area contributed by atoms with E-state index in [1.54, 1.807) is 28.9 Å². The molecule has 1 amide bonds. The number of rotatable bonds is 4. The average molecular weight is 424 g/mol. The summed E-state index contributed by atoms with van der Waals surface area (Å²) in [5.74, 6) is -0.218. The van der Waals surface area contributed by atoms with Gasteiger partial charge >= 0.3 is 0 Å². The lowest BCUT2D eigenvalue weighted by molar-refractivity contribution is 0.102. The molecule has 5 nitrogen and oxygen atoms in total. The van der Waals surface area contributed by atoms with Crippen LogP contribution in [0, 0.1) is 0 Å². The minimum Gasteiger partial charge on any atom is -0.321 e. The molecule has 0 spiro atoms. The van der Waals surface area contributed by atoms with E-state index in [0.717, 1.165) is 4.90 Å². The number of para-hydroxylation sites is 1. The second-order valence-corrected chi connectivity index (χ2v) is 7.00. The molecule has 1 aromatic heterocycles. The average Bonchev–Trinajstić information content (AvgIpc) is 2.87. The predicted octanol–water partition coefficient (Wildman–Crippen LogP) is 4.63. The number of hydrogen-bond donors (Lipinski definition) is 1. The maximum Gasteiger partial charge on any atom is 0.255 e. The third-order valence-corrected chi connectivity index (χ3v) is 4.81. The molecule has 0 atom stereocenters. The zero-order valence-corrected chi connectivity index (χ0v) is 15.7. The summed E-state index contributed by atoms with van der Waals surface area (Å²) >= 11 is 10.6. The lowest BCUT2D eigenvalue weighted by atomic mass is 10.2. The van der Waals surface area contributed by atoms with Crippen LogP contribution >= 0.6 is 39.3 Å². The second-order valence-electron chi connectivity index (χ2n) is 4.85. The first-order chi connectivity index (χ1) is 11.5. The summed E-state index contributed by atoms with van der Waals surface area (Å²) in [4.78, 5) is 17.6. The zero-order valence-electron chi connectivity index (χ0n) is 12.5. The van der Waals surface area contributed by atoms with Gasteiger partial charge in [0.15, 0.2) is 5.16 Å². The van der Waals surface area contributed by atoms with Crippen LogP contribution in [0.2, 0.25) is 5.02 Å². The van der Waals surface area contributed by atoms with Crippen molar-refractivity contribution in [3.8, 4) is 0 Å². The van der Waals surface area contributed by atoms with Crippen molar-refractivity contribution in [3.05, 3.63) is 63.9 Å². The van der Waals surface area contributed by atoms with Gasteiger partial charge in [-0.25, -0.2) is 4.68 Å². The summed E-state index contributed by atoms with van der Waals surface area (Å²) in [7, 11) is 1.81. The summed E-state index contributed by atoms with van der Waals surface area (Å²) in [6.07, 6.45) is 0. The van der Waals surface area contributed by atoms with Gasteiger partial charge in [-0.1, -0.05) is 29.8 Å². The molecule has 0 aliphatic rings. The molecule has 0 unspecified atom stereocenters. The van der Waals surface area contributed by atoms with Crippen molar-refractivity contribution in [2.45, 2.75) is 10.1 Å². The molecule has 8 heteroatoms. The first kappa shape index (κ1) is 17.0. The van der Waals surface area contributed by atoms with Crippen molar-refractivity contribution in [1.82, 2.24) is 14.8 Å². The Labute approximate surface area is 156 Å². The van der Waals surface area contributed by atoms with Crippen molar-refractivity contribution in [2.24, 2.45) is 7.05 Å². The van der Waals surface area contributed by atoms with E-state index in [2.05, 4.69) is 31.3 Å². The highest BCUT2D eigenvalue weighted by atomic mass is 79.9. The number of hydrogen-bond acceptors (Lipinski definition) is 4. The van der Waals surface area contributed by atoms with Crippen LogP contribution in [0.3, 0.4) is 0 Å². The Morgan fingerprint density at radius 2 is 2.04 bits per heavy atom. The molecule has 0 aliphatic heterocycles. The molecule has 0 aliphatic carbocycles. The van der Waals surface area contributed by atoms with Gasteiger partial charge in [0, 0.05) is 22.5 Å². The third-order valence-electron chi connectivity index (χ3n) is 3.12. The number of aromatic nitrogens is 3. The standard InChI is InChI=1S/C16H12BrClN4OS/c1-22-16(20-15(17)21-22)24-13-8-3-2-7-12(13)19-14(23)10-5-4-6-11(18)9-10/h2-9H,1H3,(H,19,23). The van der Waals surface area contributed by atoms with Crippen molar-refractivity contribution in [2.75, 3.05) is 5.32 Å². The van der Waals surface area contributed by atoms with Crippen LogP contribution in [0.25, 0.3) is 0 Å². The number of nitrogens with zero attached hydrogens (tertiary/aromatic N) is 3. The van der Waals surface area contributed by atoms with Crippen molar-refractivity contribution >= 4 is 50.9 Å². The SMILES string of the molecule is Cn1nc(Br)nc1Sc1ccccc1NC(=O)c1cccc(Cl)c1. The third kappa shape index (κ3) is 3.98. The molecule has 0 bridgehead atoms. The summed E-state index contributed by atoms with van der Waals surface area (Å²) in [6.45, 7) is 0. The smallest absolute Gasteiger partial charge is 0.255 e. The minimum atomic E-state index is -0.218. The Kier molecular flexibility index (Phi) is 5.23. The van der Waals surface area contributed by atoms with Crippen LogP contribution in [-0.4, -0.2) is 20.7 Å². The predicted molar refractivity (Wildman–Crippen MR) is 98.7 cm³/mol. The van der Waals surface area contributed by atoms with Crippen LogP contribution in [0.1, 0.15) is 10.4 Å². The minimum absolute atomic E-state index is 0.218. The van der Waals surface area contributed by atoms with Gasteiger partial charge < -0.3 is 5.32 Å². The second kappa shape index (κ2) is 7.38. The number of aryl methyl sites for hydroxylation is 1. The van der Waals surface area contributed by atoms with Crippen LogP contribution in [-0.2, 0) is 7.05 Å². The van der Waals surface area contributed by atoms with Gasteiger partial charge in [0.05, 0.1) is 5.69 Å². The van der Waals surface area contributed by atoms with Crippen LogP contribution < -0.4 is 5.32 Å². The molecule has 122 valence electrons. The van der Waals surface area contributed by atoms with Gasteiger partial charge in [0.25, 0.3) is 5.91 Å². The van der Waals surface area contributed by atoms with E-state index in [-0.39, 0.29) is 5.91 Å². The topological polar surface area (TPSA) is 59.8 Å². The van der Waals surface area contributed by atoms with Gasteiger partial charge in [-0.15, -0.1) is 5.10 Å². The molecule has 1 N–H and O–H groups in total. The molecule has 2 aromatic carbocycles. The van der Waals surface area contributed by atoms with E-state index in [0.29, 0.717) is 26.2 Å². The molecular formula is C16H12BrClN4OS. The number of anilines is 1. The van der Waals surface area contributed by atoms with Gasteiger partial charge in [0.2, 0.25) is 4.73 Å². The Morgan fingerprint density at radius 1 is 1.25 bits per heavy atom. The van der Waals surface area contributed by atoms with E-state index >= 15 is 0 Å². The molecule has 0 saturated carbocycles. The van der Waals surface area contributed by atoms with Gasteiger partial charge in [-0.2, -0.15) is 4.98 Å². The van der Waals surface area contributed by atoms with Gasteiger partial charge in [0.1, 0.15) is 0 Å². The molecular weight excluding hydrogens is 412 g/mol. The van der Waals surface area contributed by atoms with Gasteiger partial charge in [-0.05, 0) is 58.0 Å². The molecule has 3 rings (SSSR count). The Hall–Kier alpha value is -1.83. The van der Waals surface area contributed by atoms with Crippen molar-refractivity contribution in [3.63, 3.8) is 0 Å². The molecule has 0 saturated heterocycles. The largest absolute Gasteiger partial charge is 0.321 e. The number of amides is 1. The van der Waals surface area contributed by atoms with E-state index in [4.69, 9.17) is 11.6 Å². The van der Waals surface area contributed by atoms with Gasteiger partial charge in [-0.3, -0.25) is 4.79 Å². The first-order valence-corrected chi connectivity index (χ1v) is 8.92. The van der Waals surface area contributed by atoms with Crippen LogP contribution in [0.5, 0.6) is 0 Å². The highest BCUT2D eigenvalue weighted by Crippen LogP contribution is 2.32. The Bertz CT molecular complexity index is 899. The molecule has 24 heavy (non-hydrogen) atoms. The summed E-state index contributed by atoms with van der Waals surface area (Å²) in [6, 6.07) is 14.4. The lowest BCUT2D eigenvalue weighted by Crippen LogP contribution is -2.12. The molecule has 3 aromatic rings. The van der Waals surface area contributed by atoms with E-state index in [9.17, 15) is 4.79 Å². The summed E-state index contributed by atoms with van der Waals surface area (Å²) in [5.41, 5.74) is 1.20. The lowest BCUT2D eigenvalue weighted by Gasteiger charge is -2.10. The monoisotopic (exact) mass is 422 g/mol. The van der Waals surface area contributed by atoms with Crippen LogP contribution in [0.4, 0.5) is 5.69 Å².